The number of thiocarbonyl (C=S) groups is 1. The SMILES string of the molecule is O=C(O)CCCc1ccc(N=C=S)cc1. The van der Waals surface area contributed by atoms with Crippen molar-refractivity contribution in [3.05, 3.63) is 29.8 Å². The van der Waals surface area contributed by atoms with Crippen molar-refractivity contribution in [1.29, 1.82) is 0 Å². The summed E-state index contributed by atoms with van der Waals surface area (Å²) in [4.78, 5) is 14.1. The van der Waals surface area contributed by atoms with E-state index in [1.807, 2.05) is 24.3 Å². The van der Waals surface area contributed by atoms with Crippen LogP contribution in [0.5, 0.6) is 0 Å². The maximum absolute atomic E-state index is 10.3. The average molecular weight is 221 g/mol. The molecule has 78 valence electrons. The fourth-order valence-electron chi connectivity index (χ4n) is 1.23. The normalized spacial score (nSPS) is 9.33. The lowest BCUT2D eigenvalue weighted by atomic mass is 10.1. The van der Waals surface area contributed by atoms with Gasteiger partial charge in [-0.05, 0) is 42.8 Å². The highest BCUT2D eigenvalue weighted by atomic mass is 32.1. The van der Waals surface area contributed by atoms with Crippen molar-refractivity contribution in [2.45, 2.75) is 19.3 Å². The summed E-state index contributed by atoms with van der Waals surface area (Å²) in [5, 5.41) is 10.8. The standard InChI is InChI=1S/C11H11NO2S/c13-11(14)3-1-2-9-4-6-10(7-5-9)12-8-15/h4-7H,1-3H2,(H,13,14). The quantitative estimate of drug-likeness (QED) is 0.614. The molecular formula is C11H11NO2S. The molecule has 1 aromatic rings. The predicted molar refractivity (Wildman–Crippen MR) is 61.7 cm³/mol. The van der Waals surface area contributed by atoms with Crippen molar-refractivity contribution in [2.75, 3.05) is 0 Å². The maximum atomic E-state index is 10.3. The third kappa shape index (κ3) is 4.49. The van der Waals surface area contributed by atoms with Gasteiger partial charge in [-0.2, -0.15) is 4.99 Å². The Morgan fingerprint density at radius 2 is 2.07 bits per heavy atom. The molecule has 0 atom stereocenters. The number of aliphatic carboxylic acids is 1. The molecule has 0 unspecified atom stereocenters. The molecule has 0 fully saturated rings. The second kappa shape index (κ2) is 6.06. The minimum atomic E-state index is -0.753. The van der Waals surface area contributed by atoms with Crippen LogP contribution in [0.15, 0.2) is 29.3 Å². The monoisotopic (exact) mass is 221 g/mol. The number of isothiocyanates is 1. The molecule has 0 amide bonds. The van der Waals surface area contributed by atoms with Crippen molar-refractivity contribution in [2.24, 2.45) is 4.99 Å². The van der Waals surface area contributed by atoms with Gasteiger partial charge in [-0.25, -0.2) is 0 Å². The van der Waals surface area contributed by atoms with Crippen LogP contribution in [0.4, 0.5) is 5.69 Å². The molecule has 1 N–H and O–H groups in total. The van der Waals surface area contributed by atoms with Gasteiger partial charge in [0.2, 0.25) is 0 Å². The molecule has 15 heavy (non-hydrogen) atoms. The molecule has 0 saturated heterocycles. The van der Waals surface area contributed by atoms with E-state index >= 15 is 0 Å². The molecular weight excluding hydrogens is 210 g/mol. The van der Waals surface area contributed by atoms with Crippen molar-refractivity contribution < 1.29 is 9.90 Å². The number of carboxylic acid groups (broad SMARTS) is 1. The molecule has 0 aliphatic rings. The summed E-state index contributed by atoms with van der Waals surface area (Å²) in [5.41, 5.74) is 1.88. The Bertz CT molecular complexity index is 380. The van der Waals surface area contributed by atoms with Gasteiger partial charge >= 0.3 is 5.97 Å². The third-order valence-corrected chi connectivity index (χ3v) is 2.06. The van der Waals surface area contributed by atoms with Crippen LogP contribution in [-0.4, -0.2) is 16.2 Å². The number of hydrogen-bond donors (Lipinski definition) is 1. The van der Waals surface area contributed by atoms with E-state index in [4.69, 9.17) is 5.11 Å². The summed E-state index contributed by atoms with van der Waals surface area (Å²) in [6, 6.07) is 7.53. The Balaban J connectivity index is 2.49. The molecule has 3 nitrogen and oxygen atoms in total. The second-order valence-electron chi connectivity index (χ2n) is 3.12. The first-order chi connectivity index (χ1) is 7.22. The molecule has 0 bridgehead atoms. The number of carbonyl (C=O) groups is 1. The van der Waals surface area contributed by atoms with E-state index in [9.17, 15) is 4.79 Å². The van der Waals surface area contributed by atoms with Gasteiger partial charge in [0.1, 0.15) is 0 Å². The van der Waals surface area contributed by atoms with Crippen molar-refractivity contribution in [3.8, 4) is 0 Å². The van der Waals surface area contributed by atoms with Crippen molar-refractivity contribution in [1.82, 2.24) is 0 Å². The first kappa shape index (κ1) is 11.6. The maximum Gasteiger partial charge on any atom is 0.303 e. The van der Waals surface area contributed by atoms with Gasteiger partial charge in [0.05, 0.1) is 10.8 Å². The van der Waals surface area contributed by atoms with E-state index < -0.39 is 5.97 Å². The summed E-state index contributed by atoms with van der Waals surface area (Å²) in [6.07, 6.45) is 1.64. The average Bonchev–Trinajstić information content (AvgIpc) is 2.20. The van der Waals surface area contributed by atoms with Crippen LogP contribution >= 0.6 is 12.2 Å². The van der Waals surface area contributed by atoms with Gasteiger partial charge in [-0.15, -0.1) is 0 Å². The van der Waals surface area contributed by atoms with Crippen LogP contribution in [-0.2, 0) is 11.2 Å². The topological polar surface area (TPSA) is 49.7 Å². The smallest absolute Gasteiger partial charge is 0.303 e. The van der Waals surface area contributed by atoms with Gasteiger partial charge in [-0.1, -0.05) is 12.1 Å². The van der Waals surface area contributed by atoms with Gasteiger partial charge in [-0.3, -0.25) is 4.79 Å². The van der Waals surface area contributed by atoms with E-state index in [1.54, 1.807) is 0 Å². The van der Waals surface area contributed by atoms with Crippen molar-refractivity contribution in [3.63, 3.8) is 0 Å². The number of nitrogens with zero attached hydrogens (tertiary/aromatic N) is 1. The zero-order valence-corrected chi connectivity index (χ0v) is 8.96. The number of aryl methyl sites for hydroxylation is 1. The minimum Gasteiger partial charge on any atom is -0.481 e. The highest BCUT2D eigenvalue weighted by molar-refractivity contribution is 7.78. The highest BCUT2D eigenvalue weighted by Crippen LogP contribution is 2.13. The predicted octanol–water partition coefficient (Wildman–Crippen LogP) is 2.83. The van der Waals surface area contributed by atoms with Gasteiger partial charge < -0.3 is 5.11 Å². The molecule has 0 spiro atoms. The Morgan fingerprint density at radius 1 is 1.40 bits per heavy atom. The van der Waals surface area contributed by atoms with E-state index in [0.29, 0.717) is 6.42 Å². The van der Waals surface area contributed by atoms with Crippen molar-refractivity contribution >= 4 is 29.0 Å². The molecule has 0 saturated carbocycles. The van der Waals surface area contributed by atoms with E-state index in [-0.39, 0.29) is 6.42 Å². The molecule has 0 aliphatic carbocycles. The summed E-state index contributed by atoms with van der Waals surface area (Å²) < 4.78 is 0. The molecule has 0 heterocycles. The summed E-state index contributed by atoms with van der Waals surface area (Å²) in [7, 11) is 0. The van der Waals surface area contributed by atoms with E-state index in [1.165, 1.54) is 0 Å². The number of hydrogen-bond acceptors (Lipinski definition) is 3. The molecule has 1 rings (SSSR count). The number of benzene rings is 1. The number of rotatable bonds is 5. The largest absolute Gasteiger partial charge is 0.481 e. The van der Waals surface area contributed by atoms with Gasteiger partial charge in [0.15, 0.2) is 0 Å². The summed E-state index contributed by atoms with van der Waals surface area (Å²) in [6.45, 7) is 0. The lowest BCUT2D eigenvalue weighted by Gasteiger charge is -1.99. The lowest BCUT2D eigenvalue weighted by Crippen LogP contribution is -1.95. The molecule has 0 aliphatic heterocycles. The first-order valence-electron chi connectivity index (χ1n) is 4.61. The molecule has 4 heteroatoms. The second-order valence-corrected chi connectivity index (χ2v) is 3.30. The number of carboxylic acids is 1. The summed E-state index contributed by atoms with van der Waals surface area (Å²) in [5.74, 6) is -0.753. The van der Waals surface area contributed by atoms with Gasteiger partial charge in [0.25, 0.3) is 0 Å². The van der Waals surface area contributed by atoms with Gasteiger partial charge in [0, 0.05) is 6.42 Å². The zero-order chi connectivity index (χ0) is 11.1. The minimum absolute atomic E-state index is 0.208. The van der Waals surface area contributed by atoms with Crippen LogP contribution in [0, 0.1) is 0 Å². The van der Waals surface area contributed by atoms with Crippen LogP contribution in [0.1, 0.15) is 18.4 Å². The third-order valence-electron chi connectivity index (χ3n) is 1.97. The molecule has 1 aromatic carbocycles. The Labute approximate surface area is 93.5 Å². The van der Waals surface area contributed by atoms with E-state index in [2.05, 4.69) is 22.4 Å². The van der Waals surface area contributed by atoms with Crippen LogP contribution in [0.2, 0.25) is 0 Å². The van der Waals surface area contributed by atoms with Crippen LogP contribution in [0.3, 0.4) is 0 Å². The molecule has 0 aromatic heterocycles. The number of aliphatic imine (C=N–C) groups is 1. The Hall–Kier alpha value is -1.51. The Kier molecular flexibility index (Phi) is 4.68. The lowest BCUT2D eigenvalue weighted by molar-refractivity contribution is -0.137. The fraction of sp³-hybridized carbons (Fsp3) is 0.273. The summed E-state index contributed by atoms with van der Waals surface area (Å²) >= 11 is 4.48. The molecule has 0 radical (unpaired) electrons. The zero-order valence-electron chi connectivity index (χ0n) is 8.14. The first-order valence-corrected chi connectivity index (χ1v) is 5.02. The van der Waals surface area contributed by atoms with Crippen LogP contribution < -0.4 is 0 Å². The Morgan fingerprint density at radius 3 is 2.60 bits per heavy atom. The van der Waals surface area contributed by atoms with Crippen LogP contribution in [0.25, 0.3) is 0 Å². The van der Waals surface area contributed by atoms with E-state index in [0.717, 1.165) is 17.7 Å². The fourth-order valence-corrected chi connectivity index (χ4v) is 1.34. The highest BCUT2D eigenvalue weighted by Gasteiger charge is 1.98.